The number of ether oxygens (including phenoxy) is 2. The van der Waals surface area contributed by atoms with E-state index in [0.717, 1.165) is 11.1 Å². The van der Waals surface area contributed by atoms with Crippen LogP contribution in [0.25, 0.3) is 0 Å². The fourth-order valence-corrected chi connectivity index (χ4v) is 3.11. The fourth-order valence-electron chi connectivity index (χ4n) is 3.11. The smallest absolute Gasteiger partial charge is 0.408 e. The molecule has 0 radical (unpaired) electrons. The molecule has 1 aliphatic rings. The average Bonchev–Trinajstić information content (AvgIpc) is 2.67. The maximum absolute atomic E-state index is 12.5. The molecule has 0 saturated carbocycles. The summed E-state index contributed by atoms with van der Waals surface area (Å²) >= 11 is 0. The molecule has 0 aromatic heterocycles. The first kappa shape index (κ1) is 22.1. The maximum Gasteiger partial charge on any atom is 0.408 e. The molecule has 3 rings (SSSR count). The number of rotatable bonds is 5. The Morgan fingerprint density at radius 3 is 2.58 bits per heavy atom. The minimum Gasteiger partial charge on any atom is -0.481 e. The van der Waals surface area contributed by atoms with E-state index in [1.807, 2.05) is 19.1 Å². The summed E-state index contributed by atoms with van der Waals surface area (Å²) in [5.74, 6) is 0.980. The highest BCUT2D eigenvalue weighted by Crippen LogP contribution is 2.35. The number of non-ortho nitro benzene ring substituents is 1. The van der Waals surface area contributed by atoms with E-state index in [9.17, 15) is 14.9 Å². The highest BCUT2D eigenvalue weighted by molar-refractivity contribution is 5.89. The van der Waals surface area contributed by atoms with E-state index in [2.05, 4.69) is 10.3 Å². The molecule has 3 N–H and O–H groups in total. The van der Waals surface area contributed by atoms with Gasteiger partial charge in [0, 0.05) is 12.1 Å². The monoisotopic (exact) mass is 426 g/mol. The summed E-state index contributed by atoms with van der Waals surface area (Å²) in [5, 5.41) is 13.8. The predicted octanol–water partition coefficient (Wildman–Crippen LogP) is 4.17. The van der Waals surface area contributed by atoms with E-state index in [0.29, 0.717) is 23.7 Å². The molecule has 1 aliphatic heterocycles. The number of nitrogens with one attached hydrogen (secondary N) is 1. The van der Waals surface area contributed by atoms with Crippen molar-refractivity contribution in [2.75, 3.05) is 0 Å². The van der Waals surface area contributed by atoms with Gasteiger partial charge < -0.3 is 20.5 Å². The van der Waals surface area contributed by atoms with Crippen molar-refractivity contribution < 1.29 is 19.2 Å². The van der Waals surface area contributed by atoms with E-state index < -0.39 is 22.7 Å². The quantitative estimate of drug-likeness (QED) is 0.545. The van der Waals surface area contributed by atoms with Gasteiger partial charge in [0.15, 0.2) is 6.10 Å². The summed E-state index contributed by atoms with van der Waals surface area (Å²) in [7, 11) is 0. The molecule has 0 bridgehead atoms. The van der Waals surface area contributed by atoms with Gasteiger partial charge in [-0.3, -0.25) is 10.1 Å². The lowest BCUT2D eigenvalue weighted by Gasteiger charge is -2.26. The zero-order valence-corrected chi connectivity index (χ0v) is 17.9. The number of aliphatic imine (C=N–C) groups is 1. The largest absolute Gasteiger partial charge is 0.481 e. The number of alkyl carbamates (subject to hydrolysis) is 1. The Hall–Kier alpha value is -3.62. The van der Waals surface area contributed by atoms with Crippen LogP contribution in [0.15, 0.2) is 47.5 Å². The molecule has 31 heavy (non-hydrogen) atoms. The van der Waals surface area contributed by atoms with Gasteiger partial charge in [-0.25, -0.2) is 9.79 Å². The van der Waals surface area contributed by atoms with E-state index in [4.69, 9.17) is 15.2 Å². The molecule has 0 fully saturated rings. The number of carbonyl (C=O) groups is 1. The van der Waals surface area contributed by atoms with Crippen LogP contribution in [0.2, 0.25) is 0 Å². The number of hydrogen-bond acceptors (Lipinski definition) is 7. The highest BCUT2D eigenvalue weighted by atomic mass is 16.6. The molecule has 9 heteroatoms. The summed E-state index contributed by atoms with van der Waals surface area (Å²) in [6.07, 6.45) is -0.480. The number of nitro groups is 1. The maximum atomic E-state index is 12.5. The van der Waals surface area contributed by atoms with E-state index in [1.165, 1.54) is 12.1 Å². The number of hydrogen-bond donors (Lipinski definition) is 2. The number of nitrogens with two attached hydrogens (primary N) is 1. The molecule has 0 spiro atoms. The Morgan fingerprint density at radius 2 is 1.97 bits per heavy atom. The molecule has 1 amide bonds. The summed E-state index contributed by atoms with van der Waals surface area (Å²) in [6, 6.07) is 11.2. The SMILES string of the molecule is CC1Oc2ccc(C(Cc3ccc([N+](=O)[O-])cc3)NC(=O)OC(C)(C)C)cc2N=C1N. The second-order valence-corrected chi connectivity index (χ2v) is 8.35. The first-order chi connectivity index (χ1) is 14.5. The van der Waals surface area contributed by atoms with Crippen molar-refractivity contribution in [1.29, 1.82) is 0 Å². The molecule has 1 heterocycles. The van der Waals surface area contributed by atoms with Crippen LogP contribution in [0.5, 0.6) is 5.75 Å². The van der Waals surface area contributed by atoms with Crippen molar-refractivity contribution in [3.63, 3.8) is 0 Å². The van der Waals surface area contributed by atoms with Gasteiger partial charge in [-0.15, -0.1) is 0 Å². The zero-order valence-electron chi connectivity index (χ0n) is 17.9. The van der Waals surface area contributed by atoms with Crippen LogP contribution in [0.3, 0.4) is 0 Å². The summed E-state index contributed by atoms with van der Waals surface area (Å²) < 4.78 is 11.2. The molecule has 0 saturated heterocycles. The zero-order chi connectivity index (χ0) is 22.8. The van der Waals surface area contributed by atoms with Crippen LogP contribution in [0.1, 0.15) is 44.9 Å². The van der Waals surface area contributed by atoms with Gasteiger partial charge in [0.25, 0.3) is 5.69 Å². The number of benzene rings is 2. The second-order valence-electron chi connectivity index (χ2n) is 8.35. The van der Waals surface area contributed by atoms with Crippen LogP contribution >= 0.6 is 0 Å². The number of fused-ring (bicyclic) bond motifs is 1. The van der Waals surface area contributed by atoms with Crippen molar-refractivity contribution in [2.45, 2.75) is 51.9 Å². The van der Waals surface area contributed by atoms with Crippen LogP contribution in [-0.4, -0.2) is 28.6 Å². The lowest BCUT2D eigenvalue weighted by Crippen LogP contribution is -2.36. The highest BCUT2D eigenvalue weighted by Gasteiger charge is 2.24. The summed E-state index contributed by atoms with van der Waals surface area (Å²) in [6.45, 7) is 7.17. The molecule has 0 aliphatic carbocycles. The Bertz CT molecular complexity index is 1010. The lowest BCUT2D eigenvalue weighted by atomic mass is 9.98. The Morgan fingerprint density at radius 1 is 1.29 bits per heavy atom. The van der Waals surface area contributed by atoms with Gasteiger partial charge in [0.05, 0.1) is 11.0 Å². The van der Waals surface area contributed by atoms with Crippen molar-refractivity contribution in [1.82, 2.24) is 5.32 Å². The number of nitrogens with zero attached hydrogens (tertiary/aromatic N) is 2. The van der Waals surface area contributed by atoms with E-state index in [1.54, 1.807) is 39.0 Å². The van der Waals surface area contributed by atoms with Crippen LogP contribution in [0, 0.1) is 10.1 Å². The van der Waals surface area contributed by atoms with E-state index >= 15 is 0 Å². The normalized spacial score (nSPS) is 16.4. The first-order valence-electron chi connectivity index (χ1n) is 9.89. The summed E-state index contributed by atoms with van der Waals surface area (Å²) in [5.41, 5.74) is 7.43. The molecule has 2 aromatic rings. The number of amides is 1. The van der Waals surface area contributed by atoms with Gasteiger partial charge in [-0.2, -0.15) is 0 Å². The van der Waals surface area contributed by atoms with Gasteiger partial charge in [0.2, 0.25) is 0 Å². The second kappa shape index (κ2) is 8.63. The molecule has 164 valence electrons. The van der Waals surface area contributed by atoms with Gasteiger partial charge in [-0.1, -0.05) is 18.2 Å². The van der Waals surface area contributed by atoms with E-state index in [-0.39, 0.29) is 11.8 Å². The lowest BCUT2D eigenvalue weighted by molar-refractivity contribution is -0.384. The van der Waals surface area contributed by atoms with Crippen LogP contribution in [-0.2, 0) is 11.2 Å². The van der Waals surface area contributed by atoms with Crippen molar-refractivity contribution in [3.05, 3.63) is 63.7 Å². The molecular weight excluding hydrogens is 400 g/mol. The third-order valence-corrected chi connectivity index (χ3v) is 4.63. The third kappa shape index (κ3) is 5.71. The fraction of sp³-hybridized carbons (Fsp3) is 0.364. The van der Waals surface area contributed by atoms with Gasteiger partial charge in [-0.05, 0) is 57.4 Å². The minimum absolute atomic E-state index is 0.00487. The third-order valence-electron chi connectivity index (χ3n) is 4.63. The number of amidine groups is 1. The Balaban J connectivity index is 1.90. The van der Waals surface area contributed by atoms with Gasteiger partial charge >= 0.3 is 6.09 Å². The molecule has 9 nitrogen and oxygen atoms in total. The van der Waals surface area contributed by atoms with Crippen molar-refractivity contribution in [2.24, 2.45) is 10.7 Å². The molecule has 2 aromatic carbocycles. The van der Waals surface area contributed by atoms with Gasteiger partial charge in [0.1, 0.15) is 22.9 Å². The topological polar surface area (TPSA) is 129 Å². The molecule has 2 unspecified atom stereocenters. The molecule has 2 atom stereocenters. The van der Waals surface area contributed by atoms with Crippen LogP contribution in [0.4, 0.5) is 16.2 Å². The number of nitro benzene ring substituents is 1. The standard InChI is InChI=1S/C22H26N4O5/c1-13-20(23)24-18-12-15(7-10-19(18)30-13)17(25-21(27)31-22(2,3)4)11-14-5-8-16(9-6-14)26(28)29/h5-10,12-13,17H,11H2,1-4H3,(H2,23,24)(H,25,27). The Kier molecular flexibility index (Phi) is 6.14. The predicted molar refractivity (Wildman–Crippen MR) is 117 cm³/mol. The average molecular weight is 426 g/mol. The van der Waals surface area contributed by atoms with Crippen molar-refractivity contribution in [3.8, 4) is 5.75 Å². The minimum atomic E-state index is -0.652. The summed E-state index contributed by atoms with van der Waals surface area (Å²) in [4.78, 5) is 27.3. The molecular formula is C22H26N4O5. The first-order valence-corrected chi connectivity index (χ1v) is 9.89. The number of carbonyl (C=O) groups excluding carboxylic acids is 1. The van der Waals surface area contributed by atoms with Crippen molar-refractivity contribution >= 4 is 23.3 Å². The van der Waals surface area contributed by atoms with Crippen LogP contribution < -0.4 is 15.8 Å². The Labute approximate surface area is 180 Å².